The maximum atomic E-state index is 12.9. The number of ether oxygens (including phenoxy) is 1. The average Bonchev–Trinajstić information content (AvgIpc) is 3.16. The third kappa shape index (κ3) is 5.05. The summed E-state index contributed by atoms with van der Waals surface area (Å²) in [5, 5.41) is 14.9. The van der Waals surface area contributed by atoms with Crippen LogP contribution in [-0.2, 0) is 11.3 Å². The number of amides is 1. The topological polar surface area (TPSA) is 67.0 Å². The Kier molecular flexibility index (Phi) is 7.14. The lowest BCUT2D eigenvalue weighted by atomic mass is 10.1. The Morgan fingerprint density at radius 3 is 2.56 bits per heavy atom. The summed E-state index contributed by atoms with van der Waals surface area (Å²) in [5.74, 6) is -0.132. The van der Waals surface area contributed by atoms with E-state index in [2.05, 4.69) is 5.32 Å². The third-order valence-electron chi connectivity index (χ3n) is 5.25. The maximum Gasteiger partial charge on any atom is 0.266 e. The van der Waals surface area contributed by atoms with E-state index < -0.39 is 5.91 Å². The van der Waals surface area contributed by atoms with Crippen LogP contribution in [0.15, 0.2) is 72.4 Å². The molecule has 0 saturated carbocycles. The average molecular weight is 511 g/mol. The van der Waals surface area contributed by atoms with Crippen LogP contribution in [0, 0.1) is 11.3 Å². The third-order valence-corrected chi connectivity index (χ3v) is 6.07. The molecule has 8 heteroatoms. The van der Waals surface area contributed by atoms with Crippen LogP contribution in [0.4, 0.5) is 5.69 Å². The molecule has 0 aliphatic carbocycles. The van der Waals surface area contributed by atoms with Crippen molar-refractivity contribution in [2.75, 3.05) is 12.4 Å². The van der Waals surface area contributed by atoms with E-state index in [0.717, 1.165) is 22.0 Å². The summed E-state index contributed by atoms with van der Waals surface area (Å²) in [6.45, 7) is 0.498. The summed E-state index contributed by atoms with van der Waals surface area (Å²) in [4.78, 5) is 12.9. The zero-order valence-electron chi connectivity index (χ0n) is 18.0. The predicted molar refractivity (Wildman–Crippen MR) is 138 cm³/mol. The van der Waals surface area contributed by atoms with Crippen LogP contribution >= 0.6 is 34.8 Å². The molecule has 0 bridgehead atoms. The molecule has 0 saturated heterocycles. The van der Waals surface area contributed by atoms with Gasteiger partial charge in [-0.3, -0.25) is 4.79 Å². The van der Waals surface area contributed by atoms with Crippen LogP contribution in [0.25, 0.3) is 17.0 Å². The monoisotopic (exact) mass is 509 g/mol. The molecule has 0 fully saturated rings. The highest BCUT2D eigenvalue weighted by molar-refractivity contribution is 6.35. The molecule has 4 rings (SSSR count). The molecule has 5 nitrogen and oxygen atoms in total. The van der Waals surface area contributed by atoms with Crippen molar-refractivity contribution in [2.24, 2.45) is 0 Å². The second kappa shape index (κ2) is 10.2. The van der Waals surface area contributed by atoms with Gasteiger partial charge in [0.1, 0.15) is 17.4 Å². The van der Waals surface area contributed by atoms with Gasteiger partial charge in [0.15, 0.2) is 0 Å². The number of benzene rings is 3. The molecule has 0 unspecified atom stereocenters. The van der Waals surface area contributed by atoms with E-state index in [1.807, 2.05) is 47.2 Å². The number of nitriles is 1. The normalized spacial score (nSPS) is 11.3. The van der Waals surface area contributed by atoms with Crippen molar-refractivity contribution in [1.29, 1.82) is 5.26 Å². The molecule has 1 N–H and O–H groups in total. The quantitative estimate of drug-likeness (QED) is 0.220. The maximum absolute atomic E-state index is 12.9. The van der Waals surface area contributed by atoms with E-state index in [9.17, 15) is 10.1 Å². The standard InChI is InChI=1S/C26H18Cl3N3O2/c1-34-25-9-8-20(28)12-23(25)31-26(33)17(13-30)10-18-15-32(24-5-3-2-4-21(18)24)14-16-6-7-19(27)11-22(16)29/h2-12,15H,14H2,1H3,(H,31,33)/b17-10+. The van der Waals surface area contributed by atoms with Gasteiger partial charge in [-0.25, -0.2) is 0 Å². The van der Waals surface area contributed by atoms with Crippen LogP contribution in [0.5, 0.6) is 5.75 Å². The van der Waals surface area contributed by atoms with Gasteiger partial charge in [0.2, 0.25) is 0 Å². The second-order valence-electron chi connectivity index (χ2n) is 7.43. The number of methoxy groups -OCH3 is 1. The minimum absolute atomic E-state index is 0.0607. The van der Waals surface area contributed by atoms with Crippen molar-refractivity contribution >= 4 is 63.4 Å². The van der Waals surface area contributed by atoms with E-state index in [1.54, 1.807) is 36.4 Å². The van der Waals surface area contributed by atoms with Crippen molar-refractivity contribution in [3.8, 4) is 11.8 Å². The number of carbonyl (C=O) groups is 1. The Bertz CT molecular complexity index is 1470. The van der Waals surface area contributed by atoms with Gasteiger partial charge in [-0.2, -0.15) is 5.26 Å². The predicted octanol–water partition coefficient (Wildman–Crippen LogP) is 7.20. The Morgan fingerprint density at radius 1 is 1.09 bits per heavy atom. The zero-order chi connectivity index (χ0) is 24.2. The first-order chi connectivity index (χ1) is 16.4. The summed E-state index contributed by atoms with van der Waals surface area (Å²) in [7, 11) is 1.49. The lowest BCUT2D eigenvalue weighted by Gasteiger charge is -2.10. The highest BCUT2D eigenvalue weighted by Gasteiger charge is 2.15. The lowest BCUT2D eigenvalue weighted by molar-refractivity contribution is -0.112. The van der Waals surface area contributed by atoms with Gasteiger partial charge in [-0.1, -0.05) is 59.1 Å². The second-order valence-corrected chi connectivity index (χ2v) is 8.71. The molecular weight excluding hydrogens is 493 g/mol. The number of carbonyl (C=O) groups excluding carboxylic acids is 1. The first kappa shape index (κ1) is 23.7. The van der Waals surface area contributed by atoms with Crippen LogP contribution in [0.3, 0.4) is 0 Å². The lowest BCUT2D eigenvalue weighted by Crippen LogP contribution is -2.14. The molecule has 1 heterocycles. The largest absolute Gasteiger partial charge is 0.495 e. The summed E-state index contributed by atoms with van der Waals surface area (Å²) < 4.78 is 7.29. The summed E-state index contributed by atoms with van der Waals surface area (Å²) in [5.41, 5.74) is 2.88. The zero-order valence-corrected chi connectivity index (χ0v) is 20.2. The van der Waals surface area contributed by atoms with Gasteiger partial charge < -0.3 is 14.6 Å². The Labute approximate surface area is 211 Å². The van der Waals surface area contributed by atoms with Crippen molar-refractivity contribution in [3.05, 3.63) is 98.6 Å². The number of para-hydroxylation sites is 1. The highest BCUT2D eigenvalue weighted by atomic mass is 35.5. The molecule has 4 aromatic rings. The van der Waals surface area contributed by atoms with Crippen molar-refractivity contribution in [3.63, 3.8) is 0 Å². The Morgan fingerprint density at radius 2 is 1.82 bits per heavy atom. The molecular formula is C26H18Cl3N3O2. The SMILES string of the molecule is COc1ccc(Cl)cc1NC(=O)/C(C#N)=C/c1cn(Cc2ccc(Cl)cc2Cl)c2ccccc12. The number of halogens is 3. The molecule has 1 aromatic heterocycles. The van der Waals surface area contributed by atoms with Gasteiger partial charge in [-0.05, 0) is 48.0 Å². The van der Waals surface area contributed by atoms with E-state index in [-0.39, 0.29) is 5.57 Å². The smallest absolute Gasteiger partial charge is 0.266 e. The van der Waals surface area contributed by atoms with Gasteiger partial charge in [0.25, 0.3) is 5.91 Å². The number of aromatic nitrogens is 1. The van der Waals surface area contributed by atoms with Crippen molar-refractivity contribution in [1.82, 2.24) is 4.57 Å². The number of hydrogen-bond donors (Lipinski definition) is 1. The molecule has 170 valence electrons. The molecule has 0 aliphatic heterocycles. The number of fused-ring (bicyclic) bond motifs is 1. The van der Waals surface area contributed by atoms with E-state index in [1.165, 1.54) is 7.11 Å². The molecule has 0 spiro atoms. The van der Waals surface area contributed by atoms with Crippen molar-refractivity contribution in [2.45, 2.75) is 6.54 Å². The number of hydrogen-bond acceptors (Lipinski definition) is 3. The molecule has 3 aromatic carbocycles. The molecule has 0 radical (unpaired) electrons. The minimum atomic E-state index is -0.569. The van der Waals surface area contributed by atoms with Crippen LogP contribution < -0.4 is 10.1 Å². The Hall–Kier alpha value is -3.43. The number of nitrogens with one attached hydrogen (secondary N) is 1. The highest BCUT2D eigenvalue weighted by Crippen LogP contribution is 2.30. The van der Waals surface area contributed by atoms with Crippen molar-refractivity contribution < 1.29 is 9.53 Å². The molecule has 0 atom stereocenters. The van der Waals surface area contributed by atoms with E-state index in [4.69, 9.17) is 39.5 Å². The number of nitrogens with zero attached hydrogens (tertiary/aromatic N) is 2. The van der Waals surface area contributed by atoms with E-state index >= 15 is 0 Å². The molecule has 1 amide bonds. The van der Waals surface area contributed by atoms with Gasteiger partial charge in [0.05, 0.1) is 12.8 Å². The number of rotatable bonds is 6. The van der Waals surface area contributed by atoms with E-state index in [0.29, 0.717) is 33.0 Å². The number of anilines is 1. The molecule has 34 heavy (non-hydrogen) atoms. The fraction of sp³-hybridized carbons (Fsp3) is 0.0769. The fourth-order valence-electron chi connectivity index (χ4n) is 3.63. The van der Waals surface area contributed by atoms with Gasteiger partial charge >= 0.3 is 0 Å². The first-order valence-electron chi connectivity index (χ1n) is 10.2. The summed E-state index contributed by atoms with van der Waals surface area (Å²) in [6, 6.07) is 20.0. The summed E-state index contributed by atoms with van der Waals surface area (Å²) in [6.07, 6.45) is 3.45. The van der Waals surface area contributed by atoms with Crippen LogP contribution in [-0.4, -0.2) is 17.6 Å². The first-order valence-corrected chi connectivity index (χ1v) is 11.3. The summed E-state index contributed by atoms with van der Waals surface area (Å²) >= 11 is 18.4. The molecule has 0 aliphatic rings. The van der Waals surface area contributed by atoms with Crippen LogP contribution in [0.2, 0.25) is 15.1 Å². The van der Waals surface area contributed by atoms with Gasteiger partial charge in [-0.15, -0.1) is 0 Å². The Balaban J connectivity index is 1.70. The van der Waals surface area contributed by atoms with Gasteiger partial charge in [0, 0.05) is 44.3 Å². The van der Waals surface area contributed by atoms with Crippen LogP contribution in [0.1, 0.15) is 11.1 Å². The minimum Gasteiger partial charge on any atom is -0.495 e. The fourth-order valence-corrected chi connectivity index (χ4v) is 4.27.